The maximum atomic E-state index is 13.6. The molecule has 28 heavy (non-hydrogen) atoms. The fourth-order valence-corrected chi connectivity index (χ4v) is 3.08. The maximum Gasteiger partial charge on any atom is 0.433 e. The predicted molar refractivity (Wildman–Crippen MR) is 94.9 cm³/mol. The van der Waals surface area contributed by atoms with Crippen LogP contribution in [0.2, 0.25) is 0 Å². The summed E-state index contributed by atoms with van der Waals surface area (Å²) in [5, 5.41) is 3.91. The van der Waals surface area contributed by atoms with Crippen molar-refractivity contribution in [2.45, 2.75) is 13.1 Å². The molecule has 0 N–H and O–H groups in total. The number of halogens is 3. The van der Waals surface area contributed by atoms with E-state index in [-0.39, 0.29) is 17.0 Å². The first-order valence-corrected chi connectivity index (χ1v) is 8.75. The normalized spacial score (nSPS) is 15.2. The minimum Gasteiger partial charge on any atom is -0.378 e. The quantitative estimate of drug-likeness (QED) is 0.674. The fraction of sp³-hybridized carbons (Fsp3) is 0.316. The van der Waals surface area contributed by atoms with Crippen LogP contribution in [-0.2, 0) is 10.9 Å². The number of hydrogen-bond acceptors (Lipinski definition) is 4. The van der Waals surface area contributed by atoms with Crippen LogP contribution in [0.5, 0.6) is 0 Å². The molecule has 1 aliphatic heterocycles. The van der Waals surface area contributed by atoms with Crippen molar-refractivity contribution in [1.82, 2.24) is 19.5 Å². The summed E-state index contributed by atoms with van der Waals surface area (Å²) in [5.41, 5.74) is 0.645. The second-order valence-electron chi connectivity index (χ2n) is 6.59. The van der Waals surface area contributed by atoms with E-state index in [4.69, 9.17) is 4.74 Å². The zero-order valence-electron chi connectivity index (χ0n) is 15.0. The molecule has 0 bridgehead atoms. The molecule has 1 amide bonds. The van der Waals surface area contributed by atoms with Gasteiger partial charge in [0.2, 0.25) is 0 Å². The first-order chi connectivity index (χ1) is 13.3. The number of aromatic nitrogens is 3. The van der Waals surface area contributed by atoms with E-state index in [2.05, 4.69) is 10.1 Å². The Labute approximate surface area is 158 Å². The third kappa shape index (κ3) is 3.45. The van der Waals surface area contributed by atoms with Gasteiger partial charge in [0.1, 0.15) is 0 Å². The van der Waals surface area contributed by atoms with Gasteiger partial charge < -0.3 is 9.64 Å². The summed E-state index contributed by atoms with van der Waals surface area (Å²) < 4.78 is 46.8. The van der Waals surface area contributed by atoms with Gasteiger partial charge in [-0.05, 0) is 13.0 Å². The highest BCUT2D eigenvalue weighted by Crippen LogP contribution is 2.32. The zero-order valence-corrected chi connectivity index (χ0v) is 15.0. The van der Waals surface area contributed by atoms with Gasteiger partial charge in [-0.25, -0.2) is 9.50 Å². The number of nitrogens with zero attached hydrogens (tertiary/aromatic N) is 4. The summed E-state index contributed by atoms with van der Waals surface area (Å²) in [6.45, 7) is 3.43. The Kier molecular flexibility index (Phi) is 4.54. The topological polar surface area (TPSA) is 59.7 Å². The SMILES string of the molecule is Cc1ccc(-c2cc(C(F)(F)F)n3nc(C(=O)N4CCOCC4)cc3n2)cc1. The molecule has 6 nitrogen and oxygen atoms in total. The molecule has 146 valence electrons. The molecule has 1 fully saturated rings. The Bertz CT molecular complexity index is 1020. The van der Waals surface area contributed by atoms with Crippen LogP contribution >= 0.6 is 0 Å². The molecule has 0 atom stereocenters. The smallest absolute Gasteiger partial charge is 0.378 e. The molecule has 0 spiro atoms. The highest BCUT2D eigenvalue weighted by Gasteiger charge is 2.36. The number of ether oxygens (including phenoxy) is 1. The molecule has 1 aliphatic rings. The lowest BCUT2D eigenvalue weighted by Crippen LogP contribution is -2.40. The average molecular weight is 390 g/mol. The van der Waals surface area contributed by atoms with Gasteiger partial charge in [0.05, 0.1) is 18.9 Å². The number of aryl methyl sites for hydroxylation is 1. The number of fused-ring (bicyclic) bond motifs is 1. The molecule has 1 saturated heterocycles. The van der Waals surface area contributed by atoms with Gasteiger partial charge in [0.15, 0.2) is 17.0 Å². The summed E-state index contributed by atoms with van der Waals surface area (Å²) in [7, 11) is 0. The van der Waals surface area contributed by atoms with Crippen molar-refractivity contribution in [2.24, 2.45) is 0 Å². The van der Waals surface area contributed by atoms with Crippen molar-refractivity contribution in [3.63, 3.8) is 0 Å². The van der Waals surface area contributed by atoms with E-state index in [0.717, 1.165) is 11.6 Å². The van der Waals surface area contributed by atoms with Crippen molar-refractivity contribution in [3.8, 4) is 11.3 Å². The second kappa shape index (κ2) is 6.90. The lowest BCUT2D eigenvalue weighted by Gasteiger charge is -2.25. The minimum atomic E-state index is -4.65. The van der Waals surface area contributed by atoms with Crippen molar-refractivity contribution in [3.05, 3.63) is 53.3 Å². The average Bonchev–Trinajstić information content (AvgIpc) is 3.11. The highest BCUT2D eigenvalue weighted by atomic mass is 19.4. The predicted octanol–water partition coefficient (Wildman–Crippen LogP) is 3.20. The molecule has 4 rings (SSSR count). The Morgan fingerprint density at radius 3 is 2.43 bits per heavy atom. The number of alkyl halides is 3. The Morgan fingerprint density at radius 1 is 1.11 bits per heavy atom. The van der Waals surface area contributed by atoms with Crippen molar-refractivity contribution in [1.29, 1.82) is 0 Å². The molecule has 3 heterocycles. The van der Waals surface area contributed by atoms with Crippen LogP contribution in [0.3, 0.4) is 0 Å². The molecule has 0 saturated carbocycles. The zero-order chi connectivity index (χ0) is 19.9. The molecule has 2 aromatic heterocycles. The summed E-state index contributed by atoms with van der Waals surface area (Å²) in [6, 6.07) is 9.28. The van der Waals surface area contributed by atoms with E-state index in [0.29, 0.717) is 36.4 Å². The molecule has 9 heteroatoms. The van der Waals surface area contributed by atoms with Gasteiger partial charge in [0.25, 0.3) is 5.91 Å². The summed E-state index contributed by atoms with van der Waals surface area (Å²) in [4.78, 5) is 18.4. The molecule has 0 aliphatic carbocycles. The summed E-state index contributed by atoms with van der Waals surface area (Å²) in [6.07, 6.45) is -4.65. The van der Waals surface area contributed by atoms with Crippen LogP contribution in [0.4, 0.5) is 13.2 Å². The van der Waals surface area contributed by atoms with Crippen LogP contribution in [0.1, 0.15) is 21.7 Å². The second-order valence-corrected chi connectivity index (χ2v) is 6.59. The Hall–Kier alpha value is -2.94. The van der Waals surface area contributed by atoms with Crippen LogP contribution in [0.25, 0.3) is 16.9 Å². The van der Waals surface area contributed by atoms with Crippen LogP contribution < -0.4 is 0 Å². The summed E-state index contributed by atoms with van der Waals surface area (Å²) in [5.74, 6) is -0.432. The number of rotatable bonds is 2. The Morgan fingerprint density at radius 2 is 1.79 bits per heavy atom. The first kappa shape index (κ1) is 18.4. The molecule has 0 radical (unpaired) electrons. The number of carbonyl (C=O) groups excluding carboxylic acids is 1. The van der Waals surface area contributed by atoms with Gasteiger partial charge in [-0.1, -0.05) is 29.8 Å². The van der Waals surface area contributed by atoms with Gasteiger partial charge in [0, 0.05) is 24.7 Å². The van der Waals surface area contributed by atoms with E-state index >= 15 is 0 Å². The third-order valence-electron chi connectivity index (χ3n) is 4.58. The van der Waals surface area contributed by atoms with Gasteiger partial charge in [-0.3, -0.25) is 4.79 Å². The van der Waals surface area contributed by atoms with Gasteiger partial charge >= 0.3 is 6.18 Å². The lowest BCUT2D eigenvalue weighted by molar-refractivity contribution is -0.142. The summed E-state index contributed by atoms with van der Waals surface area (Å²) >= 11 is 0. The van der Waals surface area contributed by atoms with Crippen LogP contribution in [0.15, 0.2) is 36.4 Å². The van der Waals surface area contributed by atoms with Crippen molar-refractivity contribution < 1.29 is 22.7 Å². The first-order valence-electron chi connectivity index (χ1n) is 8.75. The highest BCUT2D eigenvalue weighted by molar-refractivity contribution is 5.93. The van der Waals surface area contributed by atoms with E-state index in [1.807, 2.05) is 6.92 Å². The molecular weight excluding hydrogens is 373 g/mol. The minimum absolute atomic E-state index is 0.0259. The number of hydrogen-bond donors (Lipinski definition) is 0. The van der Waals surface area contributed by atoms with Gasteiger partial charge in [-0.2, -0.15) is 18.3 Å². The molecule has 0 unspecified atom stereocenters. The Balaban J connectivity index is 1.82. The molecule has 3 aromatic rings. The van der Waals surface area contributed by atoms with E-state index in [9.17, 15) is 18.0 Å². The van der Waals surface area contributed by atoms with E-state index in [1.54, 1.807) is 24.3 Å². The van der Waals surface area contributed by atoms with Crippen molar-refractivity contribution in [2.75, 3.05) is 26.3 Å². The maximum absolute atomic E-state index is 13.6. The lowest BCUT2D eigenvalue weighted by atomic mass is 10.1. The fourth-order valence-electron chi connectivity index (χ4n) is 3.08. The number of benzene rings is 1. The molecular formula is C19H17F3N4O2. The van der Waals surface area contributed by atoms with Crippen LogP contribution in [0, 0.1) is 6.92 Å². The largest absolute Gasteiger partial charge is 0.433 e. The third-order valence-corrected chi connectivity index (χ3v) is 4.58. The number of morpholine rings is 1. The van der Waals surface area contributed by atoms with Gasteiger partial charge in [-0.15, -0.1) is 0 Å². The number of carbonyl (C=O) groups is 1. The van der Waals surface area contributed by atoms with E-state index < -0.39 is 17.8 Å². The van der Waals surface area contributed by atoms with Crippen LogP contribution in [-0.4, -0.2) is 51.7 Å². The molecule has 1 aromatic carbocycles. The van der Waals surface area contributed by atoms with Crippen molar-refractivity contribution >= 4 is 11.6 Å². The van der Waals surface area contributed by atoms with E-state index in [1.165, 1.54) is 11.0 Å². The monoisotopic (exact) mass is 390 g/mol. The number of amides is 1. The standard InChI is InChI=1S/C19H17F3N4O2/c1-12-2-4-13(5-3-12)14-10-16(19(20,21)22)26-17(23-14)11-15(24-26)18(27)25-6-8-28-9-7-25/h2-5,10-11H,6-9H2,1H3.